The van der Waals surface area contributed by atoms with Gasteiger partial charge in [0.2, 0.25) is 5.91 Å². The summed E-state index contributed by atoms with van der Waals surface area (Å²) in [4.78, 5) is 27.2. The third-order valence-electron chi connectivity index (χ3n) is 3.22. The molecule has 1 amide bonds. The molecule has 1 saturated heterocycles. The molecule has 0 aromatic carbocycles. The predicted molar refractivity (Wildman–Crippen MR) is 92.2 cm³/mol. The van der Waals surface area contributed by atoms with E-state index in [0.29, 0.717) is 11.4 Å². The summed E-state index contributed by atoms with van der Waals surface area (Å²) in [6.07, 6.45) is 1.51. The number of rotatable bonds is 5. The number of amides is 1. The van der Waals surface area contributed by atoms with Crippen molar-refractivity contribution in [3.8, 4) is 0 Å². The van der Waals surface area contributed by atoms with Crippen LogP contribution in [0.4, 0.5) is 5.13 Å². The Bertz CT molecular complexity index is 685. The van der Waals surface area contributed by atoms with Gasteiger partial charge in [0.25, 0.3) is 0 Å². The number of aromatic nitrogens is 3. The molecule has 23 heavy (non-hydrogen) atoms. The lowest BCUT2D eigenvalue weighted by molar-refractivity contribution is -0.119. The zero-order chi connectivity index (χ0) is 16.2. The number of carbonyl (C=O) groups is 1. The van der Waals surface area contributed by atoms with Crippen molar-refractivity contribution >= 4 is 44.5 Å². The fourth-order valence-electron chi connectivity index (χ4n) is 2.21. The lowest BCUT2D eigenvalue weighted by Gasteiger charge is -2.25. The minimum Gasteiger partial charge on any atom is -0.378 e. The van der Waals surface area contributed by atoms with Crippen LogP contribution in [0.15, 0.2) is 11.4 Å². The number of anilines is 1. The van der Waals surface area contributed by atoms with E-state index >= 15 is 0 Å². The van der Waals surface area contributed by atoms with Gasteiger partial charge in [0.15, 0.2) is 10.8 Å². The van der Waals surface area contributed by atoms with E-state index < -0.39 is 0 Å². The molecule has 124 valence electrons. The van der Waals surface area contributed by atoms with Crippen molar-refractivity contribution in [2.24, 2.45) is 0 Å². The third kappa shape index (κ3) is 4.10. The van der Waals surface area contributed by atoms with Crippen LogP contribution < -0.4 is 10.2 Å². The Morgan fingerprint density at radius 3 is 2.96 bits per heavy atom. The Balaban J connectivity index is 1.75. The average Bonchev–Trinajstić information content (AvgIpc) is 2.98. The molecule has 0 radical (unpaired) electrons. The molecule has 0 saturated carbocycles. The number of nitrogens with one attached hydrogen (secondary N) is 1. The SMILES string of the molecule is CC(C)NC(=O)CSc1ncnc2nc(N3CCOCC3)sc12. The molecule has 3 heterocycles. The molecule has 0 atom stereocenters. The number of thiazole rings is 1. The van der Waals surface area contributed by atoms with Gasteiger partial charge in [0.1, 0.15) is 16.1 Å². The van der Waals surface area contributed by atoms with Crippen molar-refractivity contribution in [3.05, 3.63) is 6.33 Å². The number of ether oxygens (including phenoxy) is 1. The summed E-state index contributed by atoms with van der Waals surface area (Å²) in [6, 6.07) is 0.143. The summed E-state index contributed by atoms with van der Waals surface area (Å²) in [5, 5.41) is 4.63. The van der Waals surface area contributed by atoms with Crippen LogP contribution in [0.2, 0.25) is 0 Å². The second kappa shape index (κ2) is 7.41. The van der Waals surface area contributed by atoms with E-state index in [1.165, 1.54) is 18.1 Å². The van der Waals surface area contributed by atoms with Gasteiger partial charge in [-0.15, -0.1) is 0 Å². The topological polar surface area (TPSA) is 80.2 Å². The maximum atomic E-state index is 11.8. The minimum atomic E-state index is 0.00896. The Labute approximate surface area is 142 Å². The lowest BCUT2D eigenvalue weighted by atomic mass is 10.4. The maximum absolute atomic E-state index is 11.8. The highest BCUT2D eigenvalue weighted by Crippen LogP contribution is 2.33. The van der Waals surface area contributed by atoms with Gasteiger partial charge in [-0.1, -0.05) is 23.1 Å². The van der Waals surface area contributed by atoms with Gasteiger partial charge >= 0.3 is 0 Å². The Hall–Kier alpha value is -1.45. The van der Waals surface area contributed by atoms with Crippen LogP contribution in [0.3, 0.4) is 0 Å². The van der Waals surface area contributed by atoms with Crippen molar-refractivity contribution in [1.29, 1.82) is 0 Å². The van der Waals surface area contributed by atoms with Crippen LogP contribution in [0.1, 0.15) is 13.8 Å². The van der Waals surface area contributed by atoms with Crippen LogP contribution in [0.5, 0.6) is 0 Å². The quantitative estimate of drug-likeness (QED) is 0.645. The van der Waals surface area contributed by atoms with Crippen LogP contribution in [0.25, 0.3) is 10.3 Å². The molecule has 0 spiro atoms. The van der Waals surface area contributed by atoms with E-state index in [1.54, 1.807) is 11.3 Å². The van der Waals surface area contributed by atoms with Gasteiger partial charge in [-0.05, 0) is 13.8 Å². The Kier molecular flexibility index (Phi) is 5.29. The number of morpholine rings is 1. The number of fused-ring (bicyclic) bond motifs is 1. The first-order valence-corrected chi connectivity index (χ1v) is 9.30. The molecule has 1 fully saturated rings. The number of hydrogen-bond donors (Lipinski definition) is 1. The van der Waals surface area contributed by atoms with E-state index in [1.807, 2.05) is 13.8 Å². The standard InChI is InChI=1S/C14H19N5O2S2/c1-9(2)17-10(20)7-22-13-11-12(15-8-16-13)18-14(23-11)19-3-5-21-6-4-19/h8-9H,3-7H2,1-2H3,(H,17,20). The molecule has 3 rings (SSSR count). The summed E-state index contributed by atoms with van der Waals surface area (Å²) in [6.45, 7) is 7.02. The van der Waals surface area contributed by atoms with Gasteiger partial charge in [-0.25, -0.2) is 9.97 Å². The van der Waals surface area contributed by atoms with Crippen LogP contribution in [-0.4, -0.2) is 59.0 Å². The van der Waals surface area contributed by atoms with E-state index in [0.717, 1.165) is 41.2 Å². The molecule has 1 N–H and O–H groups in total. The molecule has 0 bridgehead atoms. The van der Waals surface area contributed by atoms with Gasteiger partial charge in [0, 0.05) is 19.1 Å². The molecule has 9 heteroatoms. The molecule has 0 aliphatic carbocycles. The summed E-state index contributed by atoms with van der Waals surface area (Å²) in [5.41, 5.74) is 0.693. The number of carbonyl (C=O) groups excluding carboxylic acids is 1. The van der Waals surface area contributed by atoms with Crippen molar-refractivity contribution in [2.45, 2.75) is 24.9 Å². The first-order chi connectivity index (χ1) is 11.1. The molecule has 0 unspecified atom stereocenters. The molecular weight excluding hydrogens is 334 g/mol. The number of thioether (sulfide) groups is 1. The number of nitrogens with zero attached hydrogens (tertiary/aromatic N) is 4. The van der Waals surface area contributed by atoms with Crippen molar-refractivity contribution in [3.63, 3.8) is 0 Å². The summed E-state index contributed by atoms with van der Waals surface area (Å²) in [5.74, 6) is 0.351. The predicted octanol–water partition coefficient (Wildman–Crippen LogP) is 1.54. The monoisotopic (exact) mass is 353 g/mol. The van der Waals surface area contributed by atoms with Gasteiger partial charge in [-0.2, -0.15) is 4.98 Å². The Morgan fingerprint density at radius 2 is 2.22 bits per heavy atom. The van der Waals surface area contributed by atoms with E-state index in [9.17, 15) is 4.79 Å². The second-order valence-electron chi connectivity index (χ2n) is 5.44. The molecule has 7 nitrogen and oxygen atoms in total. The third-order valence-corrected chi connectivity index (χ3v) is 5.45. The summed E-state index contributed by atoms with van der Waals surface area (Å²) < 4.78 is 6.32. The maximum Gasteiger partial charge on any atom is 0.230 e. The van der Waals surface area contributed by atoms with Crippen molar-refractivity contribution in [2.75, 3.05) is 37.0 Å². The van der Waals surface area contributed by atoms with Crippen LogP contribution in [0, 0.1) is 0 Å². The molecule has 2 aromatic rings. The first kappa shape index (κ1) is 16.4. The summed E-state index contributed by atoms with van der Waals surface area (Å²) in [7, 11) is 0. The summed E-state index contributed by atoms with van der Waals surface area (Å²) >= 11 is 3.00. The van der Waals surface area contributed by atoms with Gasteiger partial charge in [0.05, 0.1) is 19.0 Å². The second-order valence-corrected chi connectivity index (χ2v) is 7.38. The van der Waals surface area contributed by atoms with E-state index in [4.69, 9.17) is 4.74 Å². The zero-order valence-corrected chi connectivity index (χ0v) is 14.7. The highest BCUT2D eigenvalue weighted by atomic mass is 32.2. The molecule has 1 aliphatic rings. The highest BCUT2D eigenvalue weighted by molar-refractivity contribution is 8.00. The normalized spacial score (nSPS) is 15.3. The van der Waals surface area contributed by atoms with Crippen LogP contribution >= 0.6 is 23.1 Å². The zero-order valence-electron chi connectivity index (χ0n) is 13.1. The smallest absolute Gasteiger partial charge is 0.230 e. The molecular formula is C14H19N5O2S2. The van der Waals surface area contributed by atoms with E-state index in [-0.39, 0.29) is 11.9 Å². The fourth-order valence-corrected chi connectivity index (χ4v) is 4.17. The van der Waals surface area contributed by atoms with Gasteiger partial charge in [-0.3, -0.25) is 4.79 Å². The van der Waals surface area contributed by atoms with Gasteiger partial charge < -0.3 is 15.0 Å². The lowest BCUT2D eigenvalue weighted by Crippen LogP contribution is -2.36. The highest BCUT2D eigenvalue weighted by Gasteiger charge is 2.18. The van der Waals surface area contributed by atoms with Crippen molar-refractivity contribution < 1.29 is 9.53 Å². The molecule has 2 aromatic heterocycles. The number of hydrogen-bond acceptors (Lipinski definition) is 8. The molecule has 1 aliphatic heterocycles. The largest absolute Gasteiger partial charge is 0.378 e. The first-order valence-electron chi connectivity index (χ1n) is 7.50. The average molecular weight is 353 g/mol. The Morgan fingerprint density at radius 1 is 1.43 bits per heavy atom. The van der Waals surface area contributed by atoms with Crippen molar-refractivity contribution in [1.82, 2.24) is 20.3 Å². The fraction of sp³-hybridized carbons (Fsp3) is 0.571. The van der Waals surface area contributed by atoms with Crippen LogP contribution in [-0.2, 0) is 9.53 Å². The minimum absolute atomic E-state index is 0.00896. The van der Waals surface area contributed by atoms with E-state index in [2.05, 4.69) is 25.2 Å².